The van der Waals surface area contributed by atoms with Gasteiger partial charge in [-0.1, -0.05) is 23.7 Å². The summed E-state index contributed by atoms with van der Waals surface area (Å²) in [7, 11) is 0. The standard InChI is InChI=1S/C12H8ClFN2/c13-10-3-6-12(16-8-10)15-7-9-1-4-11(14)5-2-9/h1-8H. The molecule has 16 heavy (non-hydrogen) atoms. The minimum atomic E-state index is -0.262. The lowest BCUT2D eigenvalue weighted by atomic mass is 10.2. The van der Waals surface area contributed by atoms with Crippen molar-refractivity contribution in [1.29, 1.82) is 0 Å². The van der Waals surface area contributed by atoms with Gasteiger partial charge in [-0.3, -0.25) is 0 Å². The zero-order valence-corrected chi connectivity index (χ0v) is 9.03. The molecule has 0 aliphatic heterocycles. The topological polar surface area (TPSA) is 25.2 Å². The van der Waals surface area contributed by atoms with Crippen LogP contribution in [0.4, 0.5) is 10.2 Å². The summed E-state index contributed by atoms with van der Waals surface area (Å²) in [6, 6.07) is 9.49. The molecule has 1 aromatic carbocycles. The molecule has 0 spiro atoms. The molecule has 4 heteroatoms. The first-order chi connectivity index (χ1) is 7.74. The van der Waals surface area contributed by atoms with Crippen LogP contribution in [0.1, 0.15) is 5.56 Å². The Balaban J connectivity index is 2.15. The molecule has 2 aromatic rings. The number of rotatable bonds is 2. The molecule has 0 saturated carbocycles. The van der Waals surface area contributed by atoms with Crippen molar-refractivity contribution in [3.8, 4) is 0 Å². The molecule has 0 saturated heterocycles. The number of hydrogen-bond donors (Lipinski definition) is 0. The molecule has 0 aliphatic carbocycles. The van der Waals surface area contributed by atoms with Gasteiger partial charge in [-0.25, -0.2) is 14.4 Å². The molecule has 2 nitrogen and oxygen atoms in total. The number of aromatic nitrogens is 1. The Hall–Kier alpha value is -1.74. The van der Waals surface area contributed by atoms with Crippen LogP contribution in [0.15, 0.2) is 47.6 Å². The molecule has 0 fully saturated rings. The summed E-state index contributed by atoms with van der Waals surface area (Å²) in [5.74, 6) is 0.301. The average molecular weight is 235 g/mol. The van der Waals surface area contributed by atoms with Crippen LogP contribution in [-0.2, 0) is 0 Å². The van der Waals surface area contributed by atoms with Crippen LogP contribution in [0.2, 0.25) is 5.02 Å². The van der Waals surface area contributed by atoms with E-state index in [-0.39, 0.29) is 5.82 Å². The SMILES string of the molecule is Fc1ccc(C=Nc2ccc(Cl)cn2)cc1. The number of benzene rings is 1. The van der Waals surface area contributed by atoms with Crippen LogP contribution in [-0.4, -0.2) is 11.2 Å². The Morgan fingerprint density at radius 1 is 1.12 bits per heavy atom. The molecular weight excluding hydrogens is 227 g/mol. The van der Waals surface area contributed by atoms with E-state index in [1.165, 1.54) is 18.3 Å². The lowest BCUT2D eigenvalue weighted by Crippen LogP contribution is -1.81. The minimum Gasteiger partial charge on any atom is -0.237 e. The smallest absolute Gasteiger partial charge is 0.151 e. The summed E-state index contributed by atoms with van der Waals surface area (Å²) in [5, 5.41) is 0.570. The molecule has 1 heterocycles. The van der Waals surface area contributed by atoms with Crippen molar-refractivity contribution in [3.63, 3.8) is 0 Å². The summed E-state index contributed by atoms with van der Waals surface area (Å²) in [6.45, 7) is 0. The summed E-state index contributed by atoms with van der Waals surface area (Å²) in [6.07, 6.45) is 3.15. The van der Waals surface area contributed by atoms with E-state index in [0.717, 1.165) is 5.56 Å². The maximum atomic E-state index is 12.6. The lowest BCUT2D eigenvalue weighted by molar-refractivity contribution is 0.628. The Kier molecular flexibility index (Phi) is 3.27. The van der Waals surface area contributed by atoms with Gasteiger partial charge in [0, 0.05) is 12.4 Å². The van der Waals surface area contributed by atoms with Crippen molar-refractivity contribution in [2.24, 2.45) is 4.99 Å². The van der Waals surface area contributed by atoms with E-state index in [1.807, 2.05) is 0 Å². The van der Waals surface area contributed by atoms with Crippen LogP contribution in [0.3, 0.4) is 0 Å². The van der Waals surface area contributed by atoms with Crippen LogP contribution in [0.25, 0.3) is 0 Å². The normalized spacial score (nSPS) is 10.9. The first-order valence-electron chi connectivity index (χ1n) is 4.65. The highest BCUT2D eigenvalue weighted by atomic mass is 35.5. The van der Waals surface area contributed by atoms with E-state index in [0.29, 0.717) is 10.8 Å². The predicted octanol–water partition coefficient (Wildman–Crippen LogP) is 3.62. The number of nitrogens with zero attached hydrogens (tertiary/aromatic N) is 2. The van der Waals surface area contributed by atoms with Gasteiger partial charge in [0.1, 0.15) is 5.82 Å². The van der Waals surface area contributed by atoms with Crippen LogP contribution < -0.4 is 0 Å². The Labute approximate surface area is 97.4 Å². The second-order valence-corrected chi connectivity index (χ2v) is 3.58. The van der Waals surface area contributed by atoms with Crippen molar-refractivity contribution in [3.05, 3.63) is 59.0 Å². The van der Waals surface area contributed by atoms with Crippen molar-refractivity contribution < 1.29 is 4.39 Å². The average Bonchev–Trinajstić information content (AvgIpc) is 2.30. The minimum absolute atomic E-state index is 0.262. The summed E-state index contributed by atoms with van der Waals surface area (Å²) in [4.78, 5) is 8.14. The maximum absolute atomic E-state index is 12.6. The highest BCUT2D eigenvalue weighted by Crippen LogP contribution is 2.12. The zero-order valence-electron chi connectivity index (χ0n) is 8.27. The fourth-order valence-electron chi connectivity index (χ4n) is 1.13. The van der Waals surface area contributed by atoms with Crippen molar-refractivity contribution in [1.82, 2.24) is 4.98 Å². The monoisotopic (exact) mass is 234 g/mol. The third-order valence-electron chi connectivity index (χ3n) is 1.93. The molecule has 0 N–H and O–H groups in total. The largest absolute Gasteiger partial charge is 0.237 e. The molecule has 0 atom stereocenters. The third-order valence-corrected chi connectivity index (χ3v) is 2.15. The third kappa shape index (κ3) is 2.87. The molecule has 2 rings (SSSR count). The van der Waals surface area contributed by atoms with Crippen LogP contribution in [0, 0.1) is 5.82 Å². The van der Waals surface area contributed by atoms with Gasteiger partial charge in [0.15, 0.2) is 5.82 Å². The Morgan fingerprint density at radius 3 is 2.50 bits per heavy atom. The van der Waals surface area contributed by atoms with Crippen LogP contribution in [0.5, 0.6) is 0 Å². The van der Waals surface area contributed by atoms with E-state index >= 15 is 0 Å². The first kappa shape index (κ1) is 10.8. The maximum Gasteiger partial charge on any atom is 0.151 e. The molecule has 0 aliphatic rings. The lowest BCUT2D eigenvalue weighted by Gasteiger charge is -1.94. The number of pyridine rings is 1. The second-order valence-electron chi connectivity index (χ2n) is 3.14. The van der Waals surface area contributed by atoms with E-state index in [1.54, 1.807) is 30.5 Å². The molecule has 1 aromatic heterocycles. The van der Waals surface area contributed by atoms with Gasteiger partial charge in [0.05, 0.1) is 5.02 Å². The number of hydrogen-bond acceptors (Lipinski definition) is 2. The van der Waals surface area contributed by atoms with Crippen molar-refractivity contribution in [2.45, 2.75) is 0 Å². The van der Waals surface area contributed by atoms with Crippen LogP contribution >= 0.6 is 11.6 Å². The second kappa shape index (κ2) is 4.86. The molecule has 80 valence electrons. The van der Waals surface area contributed by atoms with Gasteiger partial charge in [-0.2, -0.15) is 0 Å². The fraction of sp³-hybridized carbons (Fsp3) is 0. The molecule has 0 unspecified atom stereocenters. The Morgan fingerprint density at radius 2 is 1.88 bits per heavy atom. The van der Waals surface area contributed by atoms with Crippen molar-refractivity contribution in [2.75, 3.05) is 0 Å². The van der Waals surface area contributed by atoms with E-state index in [9.17, 15) is 4.39 Å². The van der Waals surface area contributed by atoms with E-state index in [2.05, 4.69) is 9.98 Å². The summed E-state index contributed by atoms with van der Waals surface area (Å²) in [5.41, 5.74) is 0.818. The highest BCUT2D eigenvalue weighted by Gasteiger charge is 1.92. The van der Waals surface area contributed by atoms with Gasteiger partial charge in [0.25, 0.3) is 0 Å². The quantitative estimate of drug-likeness (QED) is 0.729. The summed E-state index contributed by atoms with van der Waals surface area (Å²) >= 11 is 5.69. The highest BCUT2D eigenvalue weighted by molar-refractivity contribution is 6.30. The van der Waals surface area contributed by atoms with Gasteiger partial charge in [-0.15, -0.1) is 0 Å². The molecule has 0 amide bonds. The number of halogens is 2. The molecule has 0 radical (unpaired) electrons. The van der Waals surface area contributed by atoms with Gasteiger partial charge >= 0.3 is 0 Å². The summed E-state index contributed by atoms with van der Waals surface area (Å²) < 4.78 is 12.6. The molecular formula is C12H8ClFN2. The number of aliphatic imine (C=N–C) groups is 1. The van der Waals surface area contributed by atoms with E-state index < -0.39 is 0 Å². The Bertz CT molecular complexity index is 444. The molecule has 0 bridgehead atoms. The van der Waals surface area contributed by atoms with Gasteiger partial charge in [-0.05, 0) is 29.8 Å². The fourth-order valence-corrected chi connectivity index (χ4v) is 1.25. The predicted molar refractivity (Wildman–Crippen MR) is 62.9 cm³/mol. The van der Waals surface area contributed by atoms with Gasteiger partial charge < -0.3 is 0 Å². The first-order valence-corrected chi connectivity index (χ1v) is 5.03. The zero-order chi connectivity index (χ0) is 11.4. The van der Waals surface area contributed by atoms with Gasteiger partial charge in [0.2, 0.25) is 0 Å². The van der Waals surface area contributed by atoms with Crippen molar-refractivity contribution >= 4 is 23.6 Å². The van der Waals surface area contributed by atoms with E-state index in [4.69, 9.17) is 11.6 Å².